The fourth-order valence-corrected chi connectivity index (χ4v) is 2.83. The monoisotopic (exact) mass is 470 g/mol. The highest BCUT2D eigenvalue weighted by Crippen LogP contribution is 2.37. The van der Waals surface area contributed by atoms with Crippen molar-refractivity contribution in [3.05, 3.63) is 67.6 Å². The SMILES string of the molecule is O=C(NC(=O)c1ccccc1Cl)Nc1ccc(Cl)c(/C=C(\Cl)C(F)(F)F)c1Cl. The van der Waals surface area contributed by atoms with Gasteiger partial charge in [-0.1, -0.05) is 58.5 Å². The summed E-state index contributed by atoms with van der Waals surface area (Å²) in [6.07, 6.45) is -4.26. The summed E-state index contributed by atoms with van der Waals surface area (Å²) in [4.78, 5) is 24.1. The second kappa shape index (κ2) is 9.05. The van der Waals surface area contributed by atoms with Gasteiger partial charge in [-0.2, -0.15) is 13.2 Å². The number of nitrogens with one attached hydrogen (secondary N) is 2. The minimum Gasteiger partial charge on any atom is -0.306 e. The van der Waals surface area contributed by atoms with E-state index in [4.69, 9.17) is 46.4 Å². The molecule has 148 valence electrons. The van der Waals surface area contributed by atoms with Crippen molar-refractivity contribution < 1.29 is 22.8 Å². The molecule has 0 atom stereocenters. The topological polar surface area (TPSA) is 58.2 Å². The third kappa shape index (κ3) is 5.54. The lowest BCUT2D eigenvalue weighted by molar-refractivity contribution is -0.0836. The Morgan fingerprint density at radius 1 is 0.964 bits per heavy atom. The smallest absolute Gasteiger partial charge is 0.306 e. The number of urea groups is 1. The summed E-state index contributed by atoms with van der Waals surface area (Å²) < 4.78 is 37.9. The number of allylic oxidation sites excluding steroid dienone is 1. The number of amides is 3. The maximum absolute atomic E-state index is 12.6. The minimum absolute atomic E-state index is 0.0575. The van der Waals surface area contributed by atoms with Crippen LogP contribution in [0.15, 0.2) is 41.4 Å². The molecule has 2 aromatic rings. The fourth-order valence-electron chi connectivity index (χ4n) is 1.98. The van der Waals surface area contributed by atoms with Gasteiger partial charge in [0.1, 0.15) is 5.03 Å². The number of hydrogen-bond donors (Lipinski definition) is 2. The van der Waals surface area contributed by atoms with E-state index in [0.717, 1.165) is 0 Å². The normalized spacial score (nSPS) is 11.9. The van der Waals surface area contributed by atoms with Gasteiger partial charge in [0.15, 0.2) is 0 Å². The van der Waals surface area contributed by atoms with Crippen molar-refractivity contribution in [2.45, 2.75) is 6.18 Å². The van der Waals surface area contributed by atoms with Crippen LogP contribution in [0, 0.1) is 0 Å². The molecule has 3 amide bonds. The Labute approximate surface area is 177 Å². The Morgan fingerprint density at radius 3 is 2.21 bits per heavy atom. The van der Waals surface area contributed by atoms with E-state index in [0.29, 0.717) is 6.08 Å². The van der Waals surface area contributed by atoms with E-state index in [2.05, 4.69) is 5.32 Å². The van der Waals surface area contributed by atoms with E-state index in [1.165, 1.54) is 24.3 Å². The molecule has 0 heterocycles. The van der Waals surface area contributed by atoms with E-state index in [1.54, 1.807) is 12.1 Å². The lowest BCUT2D eigenvalue weighted by atomic mass is 10.1. The summed E-state index contributed by atoms with van der Waals surface area (Å²) in [5.41, 5.74) is -0.281. The predicted molar refractivity (Wildman–Crippen MR) is 104 cm³/mol. The fraction of sp³-hybridized carbons (Fsp3) is 0.0588. The summed E-state index contributed by atoms with van der Waals surface area (Å²) in [5.74, 6) is -0.784. The van der Waals surface area contributed by atoms with Crippen molar-refractivity contribution in [3.63, 3.8) is 0 Å². The van der Waals surface area contributed by atoms with E-state index in [-0.39, 0.29) is 31.9 Å². The van der Waals surface area contributed by atoms with Gasteiger partial charge >= 0.3 is 12.2 Å². The second-order valence-electron chi connectivity index (χ2n) is 5.20. The first-order valence-corrected chi connectivity index (χ1v) is 8.81. The second-order valence-corrected chi connectivity index (χ2v) is 6.80. The average molecular weight is 472 g/mol. The van der Waals surface area contributed by atoms with Crippen LogP contribution < -0.4 is 10.6 Å². The molecule has 2 aromatic carbocycles. The molecule has 4 nitrogen and oxygen atoms in total. The first-order valence-electron chi connectivity index (χ1n) is 7.30. The summed E-state index contributed by atoms with van der Waals surface area (Å²) in [6.45, 7) is 0. The lowest BCUT2D eigenvalue weighted by Crippen LogP contribution is -2.34. The van der Waals surface area contributed by atoms with Crippen LogP contribution in [0.3, 0.4) is 0 Å². The van der Waals surface area contributed by atoms with Gasteiger partial charge in [0.05, 0.1) is 21.3 Å². The lowest BCUT2D eigenvalue weighted by Gasteiger charge is -2.12. The Morgan fingerprint density at radius 2 is 1.61 bits per heavy atom. The van der Waals surface area contributed by atoms with Gasteiger partial charge in [0, 0.05) is 10.6 Å². The number of imide groups is 1. The van der Waals surface area contributed by atoms with Crippen LogP contribution in [0.4, 0.5) is 23.7 Å². The number of benzene rings is 2. The van der Waals surface area contributed by atoms with Crippen molar-refractivity contribution in [2.24, 2.45) is 0 Å². The molecule has 2 N–H and O–H groups in total. The number of carbonyl (C=O) groups excluding carboxylic acids is 2. The van der Waals surface area contributed by atoms with Crippen LogP contribution in [0.1, 0.15) is 15.9 Å². The van der Waals surface area contributed by atoms with Crippen molar-refractivity contribution in [2.75, 3.05) is 5.32 Å². The van der Waals surface area contributed by atoms with E-state index >= 15 is 0 Å². The highest BCUT2D eigenvalue weighted by Gasteiger charge is 2.32. The van der Waals surface area contributed by atoms with Crippen molar-refractivity contribution in [1.82, 2.24) is 5.32 Å². The van der Waals surface area contributed by atoms with Crippen LogP contribution in [0.5, 0.6) is 0 Å². The number of halogens is 7. The zero-order valence-corrected chi connectivity index (χ0v) is 16.5. The first kappa shape index (κ1) is 22.4. The molecule has 0 unspecified atom stereocenters. The molecule has 28 heavy (non-hydrogen) atoms. The van der Waals surface area contributed by atoms with Crippen molar-refractivity contribution in [1.29, 1.82) is 0 Å². The molecule has 0 aromatic heterocycles. The van der Waals surface area contributed by atoms with Crippen LogP contribution in [-0.4, -0.2) is 18.1 Å². The Hall–Kier alpha value is -1.93. The molecule has 11 heteroatoms. The third-order valence-corrected chi connectivity index (χ3v) is 4.65. The van der Waals surface area contributed by atoms with Gasteiger partial charge in [-0.25, -0.2) is 4.79 Å². The van der Waals surface area contributed by atoms with Gasteiger partial charge in [-0.15, -0.1) is 0 Å². The Kier molecular flexibility index (Phi) is 7.22. The van der Waals surface area contributed by atoms with Gasteiger partial charge in [0.25, 0.3) is 5.91 Å². The average Bonchev–Trinajstić information content (AvgIpc) is 2.60. The Balaban J connectivity index is 2.23. The molecule has 0 fully saturated rings. The summed E-state index contributed by atoms with van der Waals surface area (Å²) in [5, 5.41) is 2.54. The molecule has 2 rings (SSSR count). The molecular weight excluding hydrogens is 463 g/mol. The minimum atomic E-state index is -4.80. The summed E-state index contributed by atoms with van der Waals surface area (Å²) >= 11 is 23.0. The van der Waals surface area contributed by atoms with Crippen LogP contribution in [0.25, 0.3) is 6.08 Å². The number of anilines is 1. The van der Waals surface area contributed by atoms with Crippen LogP contribution in [-0.2, 0) is 0 Å². The predicted octanol–water partition coefficient (Wildman–Crippen LogP) is 6.75. The van der Waals surface area contributed by atoms with Crippen LogP contribution in [0.2, 0.25) is 15.1 Å². The maximum atomic E-state index is 12.6. The zero-order chi connectivity index (χ0) is 21.1. The molecular formula is C17H9Cl4F3N2O2. The van der Waals surface area contributed by atoms with Crippen LogP contribution >= 0.6 is 46.4 Å². The van der Waals surface area contributed by atoms with Gasteiger partial charge in [0.2, 0.25) is 0 Å². The van der Waals surface area contributed by atoms with E-state index < -0.39 is 23.1 Å². The number of hydrogen-bond acceptors (Lipinski definition) is 2. The number of rotatable bonds is 3. The molecule has 0 radical (unpaired) electrons. The highest BCUT2D eigenvalue weighted by molar-refractivity contribution is 6.40. The van der Waals surface area contributed by atoms with Crippen molar-refractivity contribution in [3.8, 4) is 0 Å². The number of carbonyl (C=O) groups is 2. The van der Waals surface area contributed by atoms with Crippen molar-refractivity contribution >= 4 is 70.1 Å². The highest BCUT2D eigenvalue weighted by atomic mass is 35.5. The molecule has 0 spiro atoms. The molecule has 0 bridgehead atoms. The van der Waals surface area contributed by atoms with E-state index in [1.807, 2.05) is 5.32 Å². The molecule has 0 aliphatic carbocycles. The third-order valence-electron chi connectivity index (χ3n) is 3.26. The molecule has 0 saturated heterocycles. The van der Waals surface area contributed by atoms with E-state index in [9.17, 15) is 22.8 Å². The molecule has 0 aliphatic rings. The standard InChI is InChI=1S/C17H9Cl4F3N2O2/c18-10-4-2-1-3-8(10)15(27)26-16(28)25-12-6-5-11(19)9(14(12)21)7-13(20)17(22,23)24/h1-7H,(H2,25,26,27,28)/b13-7-. The molecule has 0 aliphatic heterocycles. The summed E-state index contributed by atoms with van der Waals surface area (Å²) in [6, 6.07) is 7.52. The molecule has 0 saturated carbocycles. The van der Waals surface area contributed by atoms with Gasteiger partial charge < -0.3 is 5.32 Å². The summed E-state index contributed by atoms with van der Waals surface area (Å²) in [7, 11) is 0. The zero-order valence-electron chi connectivity index (χ0n) is 13.5. The first-order chi connectivity index (χ1) is 13.0. The maximum Gasteiger partial charge on any atom is 0.426 e. The Bertz CT molecular complexity index is 962. The van der Waals surface area contributed by atoms with Gasteiger partial charge in [-0.05, 0) is 30.3 Å². The number of alkyl halides is 3. The van der Waals surface area contributed by atoms with Gasteiger partial charge in [-0.3, -0.25) is 10.1 Å². The quantitative estimate of drug-likeness (QED) is 0.520. The largest absolute Gasteiger partial charge is 0.426 e.